The van der Waals surface area contributed by atoms with Crippen LogP contribution in [0.25, 0.3) is 10.9 Å². The second-order valence-corrected chi connectivity index (χ2v) is 5.80. The van der Waals surface area contributed by atoms with Gasteiger partial charge in [-0.1, -0.05) is 11.6 Å². The summed E-state index contributed by atoms with van der Waals surface area (Å²) in [5.41, 5.74) is 2.66. The van der Waals surface area contributed by atoms with Gasteiger partial charge in [-0.3, -0.25) is 9.48 Å². The van der Waals surface area contributed by atoms with Crippen molar-refractivity contribution in [2.75, 3.05) is 26.2 Å². The molecule has 0 atom stereocenters. The van der Waals surface area contributed by atoms with E-state index < -0.39 is 0 Å². The van der Waals surface area contributed by atoms with Gasteiger partial charge in [-0.05, 0) is 45.0 Å². The normalized spacial score (nSPS) is 15.7. The van der Waals surface area contributed by atoms with Crippen LogP contribution in [0, 0.1) is 6.92 Å². The molecule has 0 radical (unpaired) electrons. The van der Waals surface area contributed by atoms with E-state index in [9.17, 15) is 4.79 Å². The molecule has 1 N–H and O–H groups in total. The predicted octanol–water partition coefficient (Wildman–Crippen LogP) is 1.71. The highest BCUT2D eigenvalue weighted by atomic mass is 16.1. The molecule has 1 aliphatic rings. The number of fused-ring (bicyclic) bond motifs is 1. The molecular formula is C16H22N4O. The van der Waals surface area contributed by atoms with Crippen molar-refractivity contribution < 1.29 is 4.79 Å². The Morgan fingerprint density at radius 1 is 1.33 bits per heavy atom. The fourth-order valence-electron chi connectivity index (χ4n) is 2.96. The lowest BCUT2D eigenvalue weighted by Gasteiger charge is -2.14. The summed E-state index contributed by atoms with van der Waals surface area (Å²) >= 11 is 0. The van der Waals surface area contributed by atoms with E-state index in [2.05, 4.69) is 15.3 Å². The van der Waals surface area contributed by atoms with Crippen LogP contribution >= 0.6 is 0 Å². The van der Waals surface area contributed by atoms with Gasteiger partial charge in [0, 0.05) is 25.5 Å². The third kappa shape index (κ3) is 2.93. The van der Waals surface area contributed by atoms with Crippen LogP contribution in [0.2, 0.25) is 0 Å². The highest BCUT2D eigenvalue weighted by Crippen LogP contribution is 2.19. The quantitative estimate of drug-likeness (QED) is 0.931. The van der Waals surface area contributed by atoms with Crippen LogP contribution in [0.1, 0.15) is 28.9 Å². The summed E-state index contributed by atoms with van der Waals surface area (Å²) < 4.78 is 1.77. The van der Waals surface area contributed by atoms with E-state index in [1.165, 1.54) is 12.8 Å². The highest BCUT2D eigenvalue weighted by Gasteiger charge is 2.16. The molecule has 0 saturated carbocycles. The van der Waals surface area contributed by atoms with Gasteiger partial charge in [-0.2, -0.15) is 5.10 Å². The molecule has 3 rings (SSSR count). The van der Waals surface area contributed by atoms with Crippen molar-refractivity contribution in [3.05, 3.63) is 29.5 Å². The summed E-state index contributed by atoms with van der Waals surface area (Å²) in [6, 6.07) is 6.08. The molecule has 1 fully saturated rings. The zero-order valence-electron chi connectivity index (χ0n) is 12.7. The van der Waals surface area contributed by atoms with Gasteiger partial charge in [0.2, 0.25) is 0 Å². The Morgan fingerprint density at radius 2 is 2.10 bits per heavy atom. The maximum absolute atomic E-state index is 12.4. The van der Waals surface area contributed by atoms with Crippen molar-refractivity contribution in [2.45, 2.75) is 19.8 Å². The smallest absolute Gasteiger partial charge is 0.272 e. The maximum atomic E-state index is 12.4. The molecule has 0 spiro atoms. The summed E-state index contributed by atoms with van der Waals surface area (Å²) in [6.07, 6.45) is 2.55. The van der Waals surface area contributed by atoms with Crippen molar-refractivity contribution in [2.24, 2.45) is 7.05 Å². The van der Waals surface area contributed by atoms with Crippen LogP contribution in [0.15, 0.2) is 18.2 Å². The number of benzene rings is 1. The summed E-state index contributed by atoms with van der Waals surface area (Å²) in [5.74, 6) is -0.0783. The minimum atomic E-state index is -0.0783. The lowest BCUT2D eigenvalue weighted by atomic mass is 10.1. The summed E-state index contributed by atoms with van der Waals surface area (Å²) in [6.45, 7) is 5.95. The molecule has 2 aromatic rings. The zero-order valence-corrected chi connectivity index (χ0v) is 12.7. The molecular weight excluding hydrogens is 264 g/mol. The van der Waals surface area contributed by atoms with Crippen LogP contribution < -0.4 is 5.32 Å². The van der Waals surface area contributed by atoms with Crippen LogP contribution in [0.4, 0.5) is 0 Å². The second-order valence-electron chi connectivity index (χ2n) is 5.80. The van der Waals surface area contributed by atoms with Crippen LogP contribution in [0.3, 0.4) is 0 Å². The number of hydrogen-bond donors (Lipinski definition) is 1. The zero-order chi connectivity index (χ0) is 14.8. The van der Waals surface area contributed by atoms with Gasteiger partial charge in [-0.25, -0.2) is 0 Å². The Hall–Kier alpha value is -1.88. The summed E-state index contributed by atoms with van der Waals surface area (Å²) in [5, 5.41) is 8.29. The van der Waals surface area contributed by atoms with Crippen molar-refractivity contribution in [1.29, 1.82) is 0 Å². The lowest BCUT2D eigenvalue weighted by molar-refractivity contribution is 0.0945. The Morgan fingerprint density at radius 3 is 2.86 bits per heavy atom. The number of nitrogens with zero attached hydrogens (tertiary/aromatic N) is 3. The number of carbonyl (C=O) groups is 1. The van der Waals surface area contributed by atoms with Crippen LogP contribution in [0.5, 0.6) is 0 Å². The molecule has 1 aromatic carbocycles. The molecule has 0 bridgehead atoms. The van der Waals surface area contributed by atoms with Crippen molar-refractivity contribution in [3.63, 3.8) is 0 Å². The van der Waals surface area contributed by atoms with E-state index in [1.807, 2.05) is 32.2 Å². The van der Waals surface area contributed by atoms with Gasteiger partial charge >= 0.3 is 0 Å². The largest absolute Gasteiger partial charge is 0.349 e. The first-order valence-electron chi connectivity index (χ1n) is 7.59. The first kappa shape index (κ1) is 14.1. The van der Waals surface area contributed by atoms with Gasteiger partial charge in [0.1, 0.15) is 0 Å². The number of nitrogens with one attached hydrogen (secondary N) is 1. The standard InChI is InChI=1S/C16H22N4O/c1-12-5-6-14-13(11-12)15(18-19(14)2)16(21)17-7-10-20-8-3-4-9-20/h5-6,11H,3-4,7-10H2,1-2H3,(H,17,21). The van der Waals surface area contributed by atoms with E-state index in [0.717, 1.165) is 36.1 Å². The Balaban J connectivity index is 1.70. The number of likely N-dealkylation sites (tertiary alicyclic amines) is 1. The number of rotatable bonds is 4. The fraction of sp³-hybridized carbons (Fsp3) is 0.500. The van der Waals surface area contributed by atoms with Gasteiger partial charge in [0.15, 0.2) is 5.69 Å². The number of amides is 1. The average Bonchev–Trinajstić information content (AvgIpc) is 3.07. The fourth-order valence-corrected chi connectivity index (χ4v) is 2.96. The van der Waals surface area contributed by atoms with Gasteiger partial charge in [0.25, 0.3) is 5.91 Å². The Kier molecular flexibility index (Phi) is 3.92. The third-order valence-electron chi connectivity index (χ3n) is 4.13. The molecule has 0 aliphatic carbocycles. The molecule has 1 aromatic heterocycles. The Bertz CT molecular complexity index is 656. The first-order valence-corrected chi connectivity index (χ1v) is 7.59. The third-order valence-corrected chi connectivity index (χ3v) is 4.13. The van der Waals surface area contributed by atoms with Gasteiger partial charge in [-0.15, -0.1) is 0 Å². The van der Waals surface area contributed by atoms with E-state index >= 15 is 0 Å². The number of aryl methyl sites for hydroxylation is 2. The summed E-state index contributed by atoms with van der Waals surface area (Å²) in [7, 11) is 1.87. The number of carbonyl (C=O) groups excluding carboxylic acids is 1. The van der Waals surface area contributed by atoms with E-state index in [-0.39, 0.29) is 5.91 Å². The number of aromatic nitrogens is 2. The van der Waals surface area contributed by atoms with Crippen molar-refractivity contribution >= 4 is 16.8 Å². The minimum Gasteiger partial charge on any atom is -0.349 e. The molecule has 1 amide bonds. The average molecular weight is 286 g/mol. The molecule has 2 heterocycles. The topological polar surface area (TPSA) is 50.2 Å². The van der Waals surface area contributed by atoms with Crippen LogP contribution in [-0.2, 0) is 7.05 Å². The maximum Gasteiger partial charge on any atom is 0.272 e. The van der Waals surface area contributed by atoms with Crippen molar-refractivity contribution in [1.82, 2.24) is 20.0 Å². The molecule has 1 saturated heterocycles. The van der Waals surface area contributed by atoms with Gasteiger partial charge < -0.3 is 10.2 Å². The van der Waals surface area contributed by atoms with Crippen molar-refractivity contribution in [3.8, 4) is 0 Å². The number of hydrogen-bond acceptors (Lipinski definition) is 3. The summed E-state index contributed by atoms with van der Waals surface area (Å²) in [4.78, 5) is 14.7. The predicted molar refractivity (Wildman–Crippen MR) is 83.5 cm³/mol. The molecule has 1 aliphatic heterocycles. The second kappa shape index (κ2) is 5.85. The minimum absolute atomic E-state index is 0.0783. The first-order chi connectivity index (χ1) is 10.1. The molecule has 0 unspecified atom stereocenters. The highest BCUT2D eigenvalue weighted by molar-refractivity contribution is 6.05. The molecule has 21 heavy (non-hydrogen) atoms. The van der Waals surface area contributed by atoms with Crippen LogP contribution in [-0.4, -0.2) is 46.8 Å². The van der Waals surface area contributed by atoms with E-state index in [0.29, 0.717) is 12.2 Å². The Labute approximate surface area is 124 Å². The SMILES string of the molecule is Cc1ccc2c(c1)c(C(=O)NCCN1CCCC1)nn2C. The monoisotopic (exact) mass is 286 g/mol. The lowest BCUT2D eigenvalue weighted by Crippen LogP contribution is -2.33. The van der Waals surface area contributed by atoms with E-state index in [1.54, 1.807) is 4.68 Å². The molecule has 112 valence electrons. The van der Waals surface area contributed by atoms with Gasteiger partial charge in [0.05, 0.1) is 5.52 Å². The van der Waals surface area contributed by atoms with E-state index in [4.69, 9.17) is 0 Å². The molecule has 5 nitrogen and oxygen atoms in total. The molecule has 5 heteroatoms.